The van der Waals surface area contributed by atoms with Crippen molar-refractivity contribution in [3.05, 3.63) is 78.4 Å². The topological polar surface area (TPSA) is 159 Å². The molecule has 1 fully saturated rings. The number of nitrogen functional groups attached to an aromatic ring is 1. The number of carbonyl (C=O) groups excluding carboxylic acids is 1. The van der Waals surface area contributed by atoms with Gasteiger partial charge in [0.05, 0.1) is 33.6 Å². The molecule has 4 N–H and O–H groups in total. The Morgan fingerprint density at radius 2 is 1.87 bits per heavy atom. The van der Waals surface area contributed by atoms with Gasteiger partial charge in [-0.05, 0) is 23.4 Å². The van der Waals surface area contributed by atoms with Gasteiger partial charge in [0.1, 0.15) is 23.7 Å². The number of methoxy groups -OCH3 is 2. The first kappa shape index (κ1) is 30.6. The summed E-state index contributed by atoms with van der Waals surface area (Å²) in [7, 11) is -1.45. The molecule has 0 spiro atoms. The maximum atomic E-state index is 14.6. The highest BCUT2D eigenvalue weighted by Gasteiger charge is 2.43. The average molecular weight is 635 g/mol. The minimum atomic E-state index is -4.23. The highest BCUT2D eigenvalue weighted by atomic mass is 31.2. The number of hydrogen-bond donors (Lipinski definition) is 3. The number of fused-ring (bicyclic) bond motifs is 2. The third-order valence-electron chi connectivity index (χ3n) is 7.78. The summed E-state index contributed by atoms with van der Waals surface area (Å²) in [5, 5.41) is 7.74. The van der Waals surface area contributed by atoms with Crippen LogP contribution in [0, 0.1) is 5.92 Å². The highest BCUT2D eigenvalue weighted by Crippen LogP contribution is 2.49. The third-order valence-corrected chi connectivity index (χ3v) is 9.28. The van der Waals surface area contributed by atoms with Gasteiger partial charge in [-0.15, -0.1) is 0 Å². The molecule has 3 heterocycles. The van der Waals surface area contributed by atoms with Gasteiger partial charge in [-0.3, -0.25) is 4.52 Å². The largest absolute Gasteiger partial charge is 0.479 e. The molecular weight excluding hydrogens is 599 g/mol. The zero-order chi connectivity index (χ0) is 31.6. The van der Waals surface area contributed by atoms with Crippen LogP contribution in [0.25, 0.3) is 10.8 Å². The van der Waals surface area contributed by atoms with Crippen molar-refractivity contribution in [2.24, 2.45) is 5.92 Å². The second kappa shape index (κ2) is 12.9. The Labute approximate surface area is 260 Å². The van der Waals surface area contributed by atoms with Crippen LogP contribution in [0.3, 0.4) is 0 Å². The number of aromatic nitrogens is 2. The van der Waals surface area contributed by atoms with Crippen LogP contribution in [0.5, 0.6) is 11.6 Å². The van der Waals surface area contributed by atoms with E-state index in [-0.39, 0.29) is 24.7 Å². The molecule has 0 radical (unpaired) electrons. The van der Waals surface area contributed by atoms with Crippen LogP contribution in [-0.4, -0.2) is 55.8 Å². The SMILES string of the molecule is COC(=O)[C@@H](NP(=O)(OCC1CC(C)C(N2CNc3c(OC)nc(N)nc32)O1)Oc1cccc2ccccc12)c1ccccc1. The van der Waals surface area contributed by atoms with Crippen LogP contribution in [0.2, 0.25) is 0 Å². The first-order valence-electron chi connectivity index (χ1n) is 14.5. The Balaban J connectivity index is 1.25. The molecule has 0 aliphatic carbocycles. The fourth-order valence-corrected chi connectivity index (χ4v) is 7.20. The number of hydrogen-bond acceptors (Lipinski definition) is 12. The summed E-state index contributed by atoms with van der Waals surface area (Å²) in [4.78, 5) is 23.4. The van der Waals surface area contributed by atoms with Crippen LogP contribution < -0.4 is 30.3 Å². The second-order valence-corrected chi connectivity index (χ2v) is 12.5. The van der Waals surface area contributed by atoms with Gasteiger partial charge in [0, 0.05) is 11.3 Å². The molecule has 0 saturated carbocycles. The summed E-state index contributed by atoms with van der Waals surface area (Å²) >= 11 is 0. The number of esters is 1. The molecule has 14 heteroatoms. The van der Waals surface area contributed by atoms with Crippen molar-refractivity contribution in [1.82, 2.24) is 15.1 Å². The maximum absolute atomic E-state index is 14.6. The van der Waals surface area contributed by atoms with Crippen LogP contribution >= 0.6 is 7.75 Å². The summed E-state index contributed by atoms with van der Waals surface area (Å²) in [5.41, 5.74) is 7.11. The molecule has 13 nitrogen and oxygen atoms in total. The fraction of sp³-hybridized carbons (Fsp3) is 0.323. The lowest BCUT2D eigenvalue weighted by Gasteiger charge is -2.28. The smallest absolute Gasteiger partial charge is 0.459 e. The van der Waals surface area contributed by atoms with Gasteiger partial charge in [0.25, 0.3) is 0 Å². The van der Waals surface area contributed by atoms with E-state index in [1.807, 2.05) is 41.3 Å². The van der Waals surface area contributed by atoms with Gasteiger partial charge in [0.2, 0.25) is 11.8 Å². The zero-order valence-electron chi connectivity index (χ0n) is 25.1. The number of nitrogens with zero attached hydrogens (tertiary/aromatic N) is 3. The van der Waals surface area contributed by atoms with E-state index in [4.69, 9.17) is 29.0 Å². The van der Waals surface area contributed by atoms with Crippen LogP contribution in [0.1, 0.15) is 24.9 Å². The van der Waals surface area contributed by atoms with Crippen molar-refractivity contribution in [3.63, 3.8) is 0 Å². The Hall–Kier alpha value is -4.42. The standard InChI is InChI=1S/C31H35N6O7P/c1-19-16-22(43-29(19)37-18-33-26-27(37)34-31(32)35-28(26)40-2)17-42-45(39,36-25(30(38)41-3)21-11-5-4-6-12-21)44-24-15-9-13-20-10-7-8-14-23(20)24/h4-15,19,22,25,29,33H,16-18H2,1-3H3,(H,36,39)(H2,32,34,35)/t19?,22?,25-,29?,45?/m0/s1. The minimum Gasteiger partial charge on any atom is -0.479 e. The average Bonchev–Trinajstić information content (AvgIpc) is 3.65. The van der Waals surface area contributed by atoms with Gasteiger partial charge >= 0.3 is 13.7 Å². The van der Waals surface area contributed by atoms with Crippen LogP contribution in [0.4, 0.5) is 17.5 Å². The number of benzene rings is 3. The molecule has 5 atom stereocenters. The molecule has 1 saturated heterocycles. The molecule has 45 heavy (non-hydrogen) atoms. The van der Waals surface area contributed by atoms with Crippen LogP contribution in [-0.2, 0) is 23.4 Å². The van der Waals surface area contributed by atoms with Gasteiger partial charge in [0.15, 0.2) is 5.82 Å². The van der Waals surface area contributed by atoms with Crippen molar-refractivity contribution < 1.29 is 32.6 Å². The minimum absolute atomic E-state index is 0.0481. The third kappa shape index (κ3) is 6.38. The number of nitrogens with two attached hydrogens (primary N) is 1. The van der Waals surface area contributed by atoms with E-state index in [0.29, 0.717) is 41.8 Å². The predicted octanol–water partition coefficient (Wildman–Crippen LogP) is 4.87. The zero-order valence-corrected chi connectivity index (χ0v) is 26.0. The summed E-state index contributed by atoms with van der Waals surface area (Å²) < 4.78 is 43.7. The lowest BCUT2D eigenvalue weighted by molar-refractivity contribution is -0.142. The first-order valence-corrected chi connectivity index (χ1v) is 16.0. The molecule has 2 aliphatic rings. The maximum Gasteiger partial charge on any atom is 0.459 e. The Morgan fingerprint density at radius 3 is 2.64 bits per heavy atom. The normalized spacial score (nSPS) is 21.0. The van der Waals surface area contributed by atoms with Crippen molar-refractivity contribution in [2.45, 2.75) is 31.7 Å². The second-order valence-electron chi connectivity index (χ2n) is 10.8. The predicted molar refractivity (Wildman–Crippen MR) is 169 cm³/mol. The monoisotopic (exact) mass is 634 g/mol. The van der Waals surface area contributed by atoms with E-state index in [1.165, 1.54) is 14.2 Å². The molecule has 2 aliphatic heterocycles. The number of anilines is 3. The van der Waals surface area contributed by atoms with Gasteiger partial charge < -0.3 is 34.7 Å². The van der Waals surface area contributed by atoms with Crippen molar-refractivity contribution >= 4 is 41.9 Å². The Kier molecular flexibility index (Phi) is 8.77. The molecule has 1 aromatic heterocycles. The van der Waals surface area contributed by atoms with Crippen molar-refractivity contribution in [2.75, 3.05) is 43.4 Å². The Morgan fingerprint density at radius 1 is 1.11 bits per heavy atom. The van der Waals surface area contributed by atoms with E-state index in [0.717, 1.165) is 10.8 Å². The van der Waals surface area contributed by atoms with E-state index < -0.39 is 25.9 Å². The van der Waals surface area contributed by atoms with E-state index in [1.54, 1.807) is 36.4 Å². The lowest BCUT2D eigenvalue weighted by atomic mass is 10.1. The first-order chi connectivity index (χ1) is 21.8. The van der Waals surface area contributed by atoms with Crippen LogP contribution in [0.15, 0.2) is 72.8 Å². The summed E-state index contributed by atoms with van der Waals surface area (Å²) in [6.07, 6.45) is -0.235. The molecule has 4 unspecified atom stereocenters. The van der Waals surface area contributed by atoms with Gasteiger partial charge in [-0.2, -0.15) is 15.1 Å². The quantitative estimate of drug-likeness (QED) is 0.152. The molecule has 4 aromatic rings. The molecule has 0 bridgehead atoms. The lowest BCUT2D eigenvalue weighted by Crippen LogP contribution is -2.39. The molecule has 0 amide bonds. The van der Waals surface area contributed by atoms with Gasteiger partial charge in [-0.25, -0.2) is 9.36 Å². The summed E-state index contributed by atoms with van der Waals surface area (Å²) in [5.74, 6) is 0.752. The number of ether oxygens (including phenoxy) is 3. The summed E-state index contributed by atoms with van der Waals surface area (Å²) in [6.45, 7) is 2.38. The van der Waals surface area contributed by atoms with Crippen molar-refractivity contribution in [1.29, 1.82) is 0 Å². The number of nitrogens with one attached hydrogen (secondary N) is 2. The number of rotatable bonds is 11. The molecule has 3 aromatic carbocycles. The molecule has 6 rings (SSSR count). The molecule has 236 valence electrons. The van der Waals surface area contributed by atoms with Gasteiger partial charge in [-0.1, -0.05) is 73.7 Å². The van der Waals surface area contributed by atoms with E-state index in [9.17, 15) is 9.36 Å². The number of carbonyl (C=O) groups is 1. The Bertz CT molecular complexity index is 1720. The van der Waals surface area contributed by atoms with E-state index in [2.05, 4.69) is 27.3 Å². The highest BCUT2D eigenvalue weighted by molar-refractivity contribution is 7.52. The van der Waals surface area contributed by atoms with Crippen molar-refractivity contribution in [3.8, 4) is 11.6 Å². The van der Waals surface area contributed by atoms with E-state index >= 15 is 0 Å². The molecular formula is C31H35N6O7P. The summed E-state index contributed by atoms with van der Waals surface area (Å²) in [6, 6.07) is 20.7. The fourth-order valence-electron chi connectivity index (χ4n) is 5.67.